The number of hydrogen-bond acceptors (Lipinski definition) is 6. The minimum absolute atomic E-state index is 0.0993. The monoisotopic (exact) mass is 472 g/mol. The van der Waals surface area contributed by atoms with E-state index in [-0.39, 0.29) is 18.8 Å². The molecule has 1 aromatic carbocycles. The maximum absolute atomic E-state index is 12.8. The standard InChI is InChI=1S/C23H32N6O5/c1-14(2)8-17(24)21(31)29-18(10-16-11-25-13-27-16)22(32)26-12-20(30)28-19(23(33)34)9-15-6-4-3-5-7-15/h3-7,11,13-14,17-19H,8-10,12,24H2,1-2H3,(H,25,27)(H,26,32)(H,28,30)(H,29,31)(H,33,34). The Labute approximate surface area is 197 Å². The highest BCUT2D eigenvalue weighted by Gasteiger charge is 2.26. The molecule has 2 rings (SSSR count). The van der Waals surface area contributed by atoms with Gasteiger partial charge in [-0.25, -0.2) is 9.78 Å². The average Bonchev–Trinajstić information content (AvgIpc) is 3.30. The first-order valence-corrected chi connectivity index (χ1v) is 11.0. The van der Waals surface area contributed by atoms with Crippen LogP contribution in [0.15, 0.2) is 42.9 Å². The summed E-state index contributed by atoms with van der Waals surface area (Å²) in [5, 5.41) is 16.9. The van der Waals surface area contributed by atoms with Crippen LogP contribution in [0.4, 0.5) is 0 Å². The van der Waals surface area contributed by atoms with Crippen LogP contribution in [-0.2, 0) is 32.0 Å². The number of H-pyrrole nitrogens is 1. The molecule has 0 saturated heterocycles. The Bertz CT molecular complexity index is 948. The van der Waals surface area contributed by atoms with Crippen molar-refractivity contribution in [2.45, 2.75) is 51.2 Å². The molecule has 3 amide bonds. The fraction of sp³-hybridized carbons (Fsp3) is 0.435. The summed E-state index contributed by atoms with van der Waals surface area (Å²) in [5.74, 6) is -2.74. The lowest BCUT2D eigenvalue weighted by Crippen LogP contribution is -2.54. The van der Waals surface area contributed by atoms with E-state index in [0.717, 1.165) is 5.56 Å². The van der Waals surface area contributed by atoms with E-state index in [9.17, 15) is 24.3 Å². The molecule has 11 nitrogen and oxygen atoms in total. The Kier molecular flexibility index (Phi) is 10.2. The van der Waals surface area contributed by atoms with Crippen LogP contribution in [0.1, 0.15) is 31.5 Å². The Balaban J connectivity index is 1.96. The van der Waals surface area contributed by atoms with Crippen molar-refractivity contribution >= 4 is 23.7 Å². The molecule has 0 bridgehead atoms. The number of carbonyl (C=O) groups excluding carboxylic acids is 3. The number of benzene rings is 1. The number of nitrogens with two attached hydrogens (primary N) is 1. The van der Waals surface area contributed by atoms with Gasteiger partial charge < -0.3 is 31.8 Å². The first-order chi connectivity index (χ1) is 16.2. The van der Waals surface area contributed by atoms with Crippen molar-refractivity contribution in [2.24, 2.45) is 11.7 Å². The summed E-state index contributed by atoms with van der Waals surface area (Å²) in [5.41, 5.74) is 7.28. The summed E-state index contributed by atoms with van der Waals surface area (Å²) < 4.78 is 0. The number of carboxylic acid groups (broad SMARTS) is 1. The second kappa shape index (κ2) is 13.1. The van der Waals surface area contributed by atoms with Crippen LogP contribution < -0.4 is 21.7 Å². The van der Waals surface area contributed by atoms with E-state index in [4.69, 9.17) is 5.73 Å². The van der Waals surface area contributed by atoms with Crippen LogP contribution in [-0.4, -0.2) is 63.4 Å². The zero-order chi connectivity index (χ0) is 25.1. The Morgan fingerprint density at radius 2 is 1.74 bits per heavy atom. The highest BCUT2D eigenvalue weighted by molar-refractivity contribution is 5.92. The van der Waals surface area contributed by atoms with Gasteiger partial charge in [-0.3, -0.25) is 14.4 Å². The minimum atomic E-state index is -1.19. The van der Waals surface area contributed by atoms with E-state index < -0.39 is 48.4 Å². The third kappa shape index (κ3) is 9.02. The van der Waals surface area contributed by atoms with E-state index in [1.165, 1.54) is 12.5 Å². The highest BCUT2D eigenvalue weighted by atomic mass is 16.4. The summed E-state index contributed by atoms with van der Waals surface area (Å²) in [6.45, 7) is 3.41. The fourth-order valence-corrected chi connectivity index (χ4v) is 3.31. The lowest BCUT2D eigenvalue weighted by molar-refractivity contribution is -0.141. The molecule has 0 aliphatic carbocycles. The molecule has 3 unspecified atom stereocenters. The molecule has 3 atom stereocenters. The van der Waals surface area contributed by atoms with Crippen molar-refractivity contribution in [3.8, 4) is 0 Å². The first kappa shape index (κ1) is 26.5. The molecule has 0 aliphatic heterocycles. The summed E-state index contributed by atoms with van der Waals surface area (Å²) in [4.78, 5) is 55.9. The number of carbonyl (C=O) groups is 4. The number of hydrogen-bond donors (Lipinski definition) is 6. The van der Waals surface area contributed by atoms with Crippen molar-refractivity contribution in [3.63, 3.8) is 0 Å². The molecule has 1 aromatic heterocycles. The number of aromatic amines is 1. The van der Waals surface area contributed by atoms with Crippen LogP contribution in [0.3, 0.4) is 0 Å². The maximum Gasteiger partial charge on any atom is 0.326 e. The van der Waals surface area contributed by atoms with Crippen LogP contribution in [0.5, 0.6) is 0 Å². The van der Waals surface area contributed by atoms with E-state index in [1.54, 1.807) is 24.3 Å². The molecular formula is C23H32N6O5. The fourth-order valence-electron chi connectivity index (χ4n) is 3.31. The number of aliphatic carboxylic acids is 1. The van der Waals surface area contributed by atoms with Gasteiger partial charge >= 0.3 is 5.97 Å². The molecule has 0 aliphatic rings. The second-order valence-electron chi connectivity index (χ2n) is 8.44. The molecule has 0 saturated carbocycles. The minimum Gasteiger partial charge on any atom is -0.480 e. The van der Waals surface area contributed by atoms with Gasteiger partial charge in [0, 0.05) is 24.7 Å². The molecule has 0 spiro atoms. The average molecular weight is 473 g/mol. The van der Waals surface area contributed by atoms with Crippen LogP contribution >= 0.6 is 0 Å². The normalized spacial score (nSPS) is 13.5. The SMILES string of the molecule is CC(C)CC(N)C(=O)NC(Cc1cnc[nH]1)C(=O)NCC(=O)NC(Cc1ccccc1)C(=O)O. The quantitative estimate of drug-likeness (QED) is 0.232. The summed E-state index contributed by atoms with van der Waals surface area (Å²) in [7, 11) is 0. The topological polar surface area (TPSA) is 179 Å². The number of nitrogens with zero attached hydrogens (tertiary/aromatic N) is 1. The van der Waals surface area contributed by atoms with Crippen molar-refractivity contribution in [2.75, 3.05) is 6.54 Å². The van der Waals surface area contributed by atoms with E-state index in [2.05, 4.69) is 25.9 Å². The zero-order valence-corrected chi connectivity index (χ0v) is 19.3. The van der Waals surface area contributed by atoms with Gasteiger partial charge in [-0.15, -0.1) is 0 Å². The second-order valence-corrected chi connectivity index (χ2v) is 8.44. The van der Waals surface area contributed by atoms with Gasteiger partial charge in [-0.05, 0) is 17.9 Å². The number of rotatable bonds is 13. The van der Waals surface area contributed by atoms with Crippen LogP contribution in [0.2, 0.25) is 0 Å². The van der Waals surface area contributed by atoms with Gasteiger partial charge in [0.2, 0.25) is 17.7 Å². The van der Waals surface area contributed by atoms with E-state index in [1.807, 2.05) is 19.9 Å². The molecule has 0 fully saturated rings. The van der Waals surface area contributed by atoms with Gasteiger partial charge in [-0.1, -0.05) is 44.2 Å². The third-order valence-electron chi connectivity index (χ3n) is 5.01. The van der Waals surface area contributed by atoms with Crippen molar-refractivity contribution < 1.29 is 24.3 Å². The largest absolute Gasteiger partial charge is 0.480 e. The third-order valence-corrected chi connectivity index (χ3v) is 5.01. The molecule has 1 heterocycles. The molecule has 34 heavy (non-hydrogen) atoms. The van der Waals surface area contributed by atoms with Gasteiger partial charge in [0.1, 0.15) is 12.1 Å². The lowest BCUT2D eigenvalue weighted by Gasteiger charge is -2.21. The van der Waals surface area contributed by atoms with Crippen molar-refractivity contribution in [1.29, 1.82) is 0 Å². The predicted octanol–water partition coefficient (Wildman–Crippen LogP) is -0.261. The molecule has 184 valence electrons. The van der Waals surface area contributed by atoms with Gasteiger partial charge in [0.25, 0.3) is 0 Å². The number of amides is 3. The first-order valence-electron chi connectivity index (χ1n) is 11.0. The number of imidazole rings is 1. The molecule has 0 radical (unpaired) electrons. The summed E-state index contributed by atoms with van der Waals surface area (Å²) >= 11 is 0. The highest BCUT2D eigenvalue weighted by Crippen LogP contribution is 2.05. The predicted molar refractivity (Wildman–Crippen MR) is 124 cm³/mol. The van der Waals surface area contributed by atoms with Crippen molar-refractivity contribution in [3.05, 3.63) is 54.1 Å². The molecule has 11 heteroatoms. The molecular weight excluding hydrogens is 440 g/mol. The lowest BCUT2D eigenvalue weighted by atomic mass is 10.0. The molecule has 7 N–H and O–H groups in total. The van der Waals surface area contributed by atoms with Crippen LogP contribution in [0.25, 0.3) is 0 Å². The Morgan fingerprint density at radius 1 is 1.03 bits per heavy atom. The van der Waals surface area contributed by atoms with E-state index in [0.29, 0.717) is 12.1 Å². The number of aromatic nitrogens is 2. The smallest absolute Gasteiger partial charge is 0.326 e. The van der Waals surface area contributed by atoms with Crippen LogP contribution in [0, 0.1) is 5.92 Å². The Morgan fingerprint density at radius 3 is 2.32 bits per heavy atom. The summed E-state index contributed by atoms with van der Waals surface area (Å²) in [6.07, 6.45) is 3.63. The summed E-state index contributed by atoms with van der Waals surface area (Å²) in [6, 6.07) is 5.94. The Hall–Kier alpha value is -3.73. The van der Waals surface area contributed by atoms with Crippen molar-refractivity contribution in [1.82, 2.24) is 25.9 Å². The van der Waals surface area contributed by atoms with Gasteiger partial charge in [0.05, 0.1) is 18.9 Å². The maximum atomic E-state index is 12.8. The van der Waals surface area contributed by atoms with E-state index >= 15 is 0 Å². The van der Waals surface area contributed by atoms with Gasteiger partial charge in [0.15, 0.2) is 0 Å². The van der Waals surface area contributed by atoms with Gasteiger partial charge in [-0.2, -0.15) is 0 Å². The number of nitrogens with one attached hydrogen (secondary N) is 4. The molecule has 2 aromatic rings. The zero-order valence-electron chi connectivity index (χ0n) is 19.3. The number of carboxylic acids is 1.